The summed E-state index contributed by atoms with van der Waals surface area (Å²) < 4.78 is 39.1. The number of benzene rings is 2. The number of rotatable bonds is 12. The van der Waals surface area contributed by atoms with Gasteiger partial charge in [-0.15, -0.1) is 0 Å². The summed E-state index contributed by atoms with van der Waals surface area (Å²) in [5.74, 6) is -4.94. The number of methoxy groups -OCH3 is 1. The van der Waals surface area contributed by atoms with Gasteiger partial charge in [-0.1, -0.05) is 17.7 Å². The molecule has 0 radical (unpaired) electrons. The van der Waals surface area contributed by atoms with Gasteiger partial charge in [-0.2, -0.15) is 5.10 Å². The molecule has 4 N–H and O–H groups in total. The number of nitrogens with zero attached hydrogens (tertiary/aromatic N) is 8. The number of nitrogens with two attached hydrogens (primary N) is 1. The molecule has 4 heterocycles. The largest absolute Gasteiger partial charge is 0.477 e. The van der Waals surface area contributed by atoms with E-state index < -0.39 is 29.4 Å². The standard InChI is InChI=1S/C38H43ClF2N10O7/c1-23-28(19-44-50(23)14-17-58-3)25-6-7-27(34(41)33(25)40)30-20-43-35(46(30)2)36(55)45-24-4-5-26(29(39)18-24)37(56)47-8-10-48(11-9-47)38(57)49-12-15-51(16-13-49,21-31(42)52)22-32(53)54/h4-7,18-20H,8-17,21-22H2,1-3H3,(H3-,42,45,52,53,54,55,56)/p+1. The summed E-state index contributed by atoms with van der Waals surface area (Å²) in [6.07, 6.45) is 2.74. The van der Waals surface area contributed by atoms with Crippen LogP contribution in [0.5, 0.6) is 0 Å². The van der Waals surface area contributed by atoms with Gasteiger partial charge in [0.25, 0.3) is 17.7 Å². The fourth-order valence-electron chi connectivity index (χ4n) is 7.43. The zero-order chi connectivity index (χ0) is 41.9. The Hall–Kier alpha value is -5.92. The first-order chi connectivity index (χ1) is 27.6. The number of ether oxygens (including phenoxy) is 1. The molecule has 17 nitrogen and oxygen atoms in total. The highest BCUT2D eigenvalue weighted by Crippen LogP contribution is 2.33. The van der Waals surface area contributed by atoms with E-state index in [0.29, 0.717) is 24.4 Å². The molecule has 20 heteroatoms. The van der Waals surface area contributed by atoms with Crippen LogP contribution < -0.4 is 11.1 Å². The van der Waals surface area contributed by atoms with Crippen LogP contribution >= 0.6 is 11.6 Å². The molecule has 58 heavy (non-hydrogen) atoms. The highest BCUT2D eigenvalue weighted by Gasteiger charge is 2.39. The second-order valence-electron chi connectivity index (χ2n) is 14.3. The minimum atomic E-state index is -1.11. The van der Waals surface area contributed by atoms with Gasteiger partial charge < -0.3 is 44.6 Å². The smallest absolute Gasteiger partial charge is 0.359 e. The zero-order valence-electron chi connectivity index (χ0n) is 32.2. The van der Waals surface area contributed by atoms with E-state index in [1.165, 1.54) is 54.3 Å². The van der Waals surface area contributed by atoms with Crippen molar-refractivity contribution >= 4 is 47.0 Å². The number of urea groups is 1. The molecule has 0 spiro atoms. The van der Waals surface area contributed by atoms with E-state index in [1.54, 1.807) is 33.4 Å². The fraction of sp³-hybridized carbons (Fsp3) is 0.395. The summed E-state index contributed by atoms with van der Waals surface area (Å²) in [5.41, 5.74) is 7.02. The topological polar surface area (TPSA) is 198 Å². The molecule has 0 atom stereocenters. The maximum absolute atomic E-state index is 15.6. The number of aromatic nitrogens is 4. The molecule has 2 saturated heterocycles. The van der Waals surface area contributed by atoms with Crippen LogP contribution in [0.2, 0.25) is 5.02 Å². The number of carbonyl (C=O) groups is 5. The SMILES string of the molecule is COCCn1ncc(-c2ccc(-c3cnc(C(=O)Nc4ccc(C(=O)N5CCN(C(=O)N6CC[N+](CC(N)=O)(CC(=O)O)CC6)CC5)c(Cl)c4)n3C)c(F)c2F)c1C. The third-order valence-electron chi connectivity index (χ3n) is 10.7. The Bertz CT molecular complexity index is 2230. The predicted octanol–water partition coefficient (Wildman–Crippen LogP) is 2.67. The Morgan fingerprint density at radius 1 is 0.914 bits per heavy atom. The van der Waals surface area contributed by atoms with Gasteiger partial charge in [0.05, 0.1) is 68.0 Å². The summed E-state index contributed by atoms with van der Waals surface area (Å²) in [4.78, 5) is 72.1. The molecule has 2 aromatic carbocycles. The lowest BCUT2D eigenvalue weighted by Crippen LogP contribution is -2.65. The molecule has 0 bridgehead atoms. The number of anilines is 1. The van der Waals surface area contributed by atoms with Gasteiger partial charge in [0.2, 0.25) is 0 Å². The van der Waals surface area contributed by atoms with Gasteiger partial charge in [0.1, 0.15) is 0 Å². The monoisotopic (exact) mass is 825 g/mol. The molecule has 2 aliphatic heterocycles. The van der Waals surface area contributed by atoms with Crippen LogP contribution in [0, 0.1) is 18.6 Å². The summed E-state index contributed by atoms with van der Waals surface area (Å²) in [6.45, 7) is 4.30. The van der Waals surface area contributed by atoms with Gasteiger partial charge >= 0.3 is 12.0 Å². The number of primary amides is 1. The Labute approximate surface area is 337 Å². The molecule has 0 unspecified atom stereocenters. The normalized spacial score (nSPS) is 15.4. The van der Waals surface area contributed by atoms with Crippen molar-refractivity contribution in [3.05, 3.63) is 76.5 Å². The van der Waals surface area contributed by atoms with Crippen LogP contribution in [0.25, 0.3) is 22.4 Å². The van der Waals surface area contributed by atoms with Gasteiger partial charge in [-0.3, -0.25) is 19.1 Å². The van der Waals surface area contributed by atoms with Crippen LogP contribution in [-0.2, 0) is 27.9 Å². The molecule has 0 saturated carbocycles. The number of aliphatic carboxylic acids is 1. The molecule has 4 aromatic rings. The number of halogens is 3. The van der Waals surface area contributed by atoms with Gasteiger partial charge in [-0.05, 0) is 31.2 Å². The van der Waals surface area contributed by atoms with Crippen LogP contribution in [0.4, 0.5) is 19.3 Å². The van der Waals surface area contributed by atoms with Crippen molar-refractivity contribution in [3.8, 4) is 22.4 Å². The molecule has 308 valence electrons. The number of hydrogen-bond donors (Lipinski definition) is 3. The second kappa shape index (κ2) is 17.3. The predicted molar refractivity (Wildman–Crippen MR) is 207 cm³/mol. The highest BCUT2D eigenvalue weighted by atomic mass is 35.5. The Kier molecular flexibility index (Phi) is 12.4. The number of imidazole rings is 1. The average molecular weight is 826 g/mol. The number of carbonyl (C=O) groups excluding carboxylic acids is 4. The van der Waals surface area contributed by atoms with E-state index >= 15 is 8.78 Å². The molecule has 2 aliphatic rings. The Balaban J connectivity index is 1.05. The highest BCUT2D eigenvalue weighted by molar-refractivity contribution is 6.34. The van der Waals surface area contributed by atoms with E-state index in [1.807, 2.05) is 0 Å². The zero-order valence-corrected chi connectivity index (χ0v) is 33.0. The van der Waals surface area contributed by atoms with Crippen LogP contribution in [0.3, 0.4) is 0 Å². The average Bonchev–Trinajstić information content (AvgIpc) is 3.75. The number of quaternary nitrogens is 1. The third-order valence-corrected chi connectivity index (χ3v) is 11.0. The first-order valence-electron chi connectivity index (χ1n) is 18.4. The molecule has 2 aromatic heterocycles. The molecule has 5 amide bonds. The van der Waals surface area contributed by atoms with E-state index in [9.17, 15) is 29.1 Å². The van der Waals surface area contributed by atoms with Gasteiger partial charge in [0, 0.05) is 68.4 Å². The molecular formula is C38H44ClF2N10O7+. The molecule has 2 fully saturated rings. The molecule has 0 aliphatic carbocycles. The number of hydrogen-bond acceptors (Lipinski definition) is 8. The van der Waals surface area contributed by atoms with Crippen molar-refractivity contribution in [2.75, 3.05) is 84.5 Å². The summed E-state index contributed by atoms with van der Waals surface area (Å²) in [5, 5.41) is 16.4. The lowest BCUT2D eigenvalue weighted by Gasteiger charge is -2.44. The lowest BCUT2D eigenvalue weighted by molar-refractivity contribution is -0.917. The van der Waals surface area contributed by atoms with Crippen molar-refractivity contribution in [1.82, 2.24) is 34.0 Å². The summed E-state index contributed by atoms with van der Waals surface area (Å²) in [6, 6.07) is 7.04. The van der Waals surface area contributed by atoms with Gasteiger partial charge in [-0.25, -0.2) is 23.4 Å². The van der Waals surface area contributed by atoms with E-state index in [2.05, 4.69) is 15.4 Å². The third kappa shape index (κ3) is 8.65. The number of carboxylic acids is 1. The number of nitrogens with one attached hydrogen (secondary N) is 1. The fourth-order valence-corrected chi connectivity index (χ4v) is 7.70. The number of amides is 5. The molecular weight excluding hydrogens is 782 g/mol. The van der Waals surface area contributed by atoms with E-state index in [0.717, 1.165) is 0 Å². The Morgan fingerprint density at radius 2 is 1.55 bits per heavy atom. The van der Waals surface area contributed by atoms with E-state index in [-0.39, 0.29) is 121 Å². The number of piperazine rings is 2. The minimum absolute atomic E-state index is 0.0196. The number of carboxylic acid groups (broad SMARTS) is 1. The maximum atomic E-state index is 15.6. The van der Waals surface area contributed by atoms with Crippen molar-refractivity contribution in [2.45, 2.75) is 13.5 Å². The first-order valence-corrected chi connectivity index (χ1v) is 18.8. The van der Waals surface area contributed by atoms with Crippen LogP contribution in [0.1, 0.15) is 26.7 Å². The maximum Gasteiger partial charge on any atom is 0.359 e. The van der Waals surface area contributed by atoms with Crippen molar-refractivity contribution in [1.29, 1.82) is 0 Å². The van der Waals surface area contributed by atoms with Gasteiger partial charge in [0.15, 0.2) is 30.5 Å². The summed E-state index contributed by atoms with van der Waals surface area (Å²) >= 11 is 6.53. The van der Waals surface area contributed by atoms with Crippen LogP contribution in [-0.4, -0.2) is 153 Å². The Morgan fingerprint density at radius 3 is 2.19 bits per heavy atom. The van der Waals surface area contributed by atoms with Crippen LogP contribution in [0.15, 0.2) is 42.7 Å². The van der Waals surface area contributed by atoms with E-state index in [4.69, 9.17) is 22.1 Å². The quantitative estimate of drug-likeness (QED) is 0.180. The second-order valence-corrected chi connectivity index (χ2v) is 14.7. The first kappa shape index (κ1) is 41.7. The molecule has 6 rings (SSSR count). The van der Waals surface area contributed by atoms with Crippen molar-refractivity contribution in [3.63, 3.8) is 0 Å². The summed E-state index contributed by atoms with van der Waals surface area (Å²) in [7, 11) is 3.06. The van der Waals surface area contributed by atoms with Crippen molar-refractivity contribution < 1.29 is 47.1 Å². The van der Waals surface area contributed by atoms with Crippen molar-refractivity contribution in [2.24, 2.45) is 12.8 Å². The minimum Gasteiger partial charge on any atom is -0.477 e. The lowest BCUT2D eigenvalue weighted by atomic mass is 10.0.